The summed E-state index contributed by atoms with van der Waals surface area (Å²) in [5.74, 6) is 1.19. The predicted molar refractivity (Wildman–Crippen MR) is 82.2 cm³/mol. The van der Waals surface area contributed by atoms with Crippen LogP contribution in [0.25, 0.3) is 0 Å². The molecule has 0 aliphatic heterocycles. The third kappa shape index (κ3) is 6.46. The van der Waals surface area contributed by atoms with E-state index in [2.05, 4.69) is 10.6 Å². The van der Waals surface area contributed by atoms with E-state index in [4.69, 9.17) is 14.2 Å². The second-order valence-electron chi connectivity index (χ2n) is 4.24. The zero-order chi connectivity index (χ0) is 15.5. The first-order valence-corrected chi connectivity index (χ1v) is 7.10. The maximum absolute atomic E-state index is 11.9. The Morgan fingerprint density at radius 1 is 1.19 bits per heavy atom. The van der Waals surface area contributed by atoms with Gasteiger partial charge in [-0.1, -0.05) is 0 Å². The van der Waals surface area contributed by atoms with Gasteiger partial charge in [0, 0.05) is 19.7 Å². The summed E-state index contributed by atoms with van der Waals surface area (Å²) in [6, 6.07) is 5.38. The molecule has 0 bridgehead atoms. The first-order chi connectivity index (χ1) is 10.2. The van der Waals surface area contributed by atoms with E-state index in [9.17, 15) is 4.79 Å². The number of hydrogen-bond donors (Lipinski definition) is 2. The monoisotopic (exact) mass is 296 g/mol. The van der Waals surface area contributed by atoms with Crippen LogP contribution in [0.15, 0.2) is 18.2 Å². The number of anilines is 1. The van der Waals surface area contributed by atoms with Gasteiger partial charge in [0.1, 0.15) is 11.5 Å². The number of hydrogen-bond acceptors (Lipinski definition) is 5. The SMILES string of the molecule is CCOc1ccc(OCC)c(NC(=O)CNCCOC)c1. The van der Waals surface area contributed by atoms with E-state index in [1.807, 2.05) is 19.9 Å². The van der Waals surface area contributed by atoms with Crippen LogP contribution in [-0.2, 0) is 9.53 Å². The van der Waals surface area contributed by atoms with Crippen molar-refractivity contribution < 1.29 is 19.0 Å². The Kier molecular flexibility index (Phi) is 8.23. The highest BCUT2D eigenvalue weighted by Gasteiger charge is 2.09. The molecule has 1 amide bonds. The molecule has 0 aromatic heterocycles. The summed E-state index contributed by atoms with van der Waals surface area (Å²) in [5, 5.41) is 5.81. The van der Waals surface area contributed by atoms with Gasteiger partial charge in [0.15, 0.2) is 0 Å². The summed E-state index contributed by atoms with van der Waals surface area (Å²) >= 11 is 0. The van der Waals surface area contributed by atoms with E-state index in [1.165, 1.54) is 0 Å². The van der Waals surface area contributed by atoms with Gasteiger partial charge in [-0.15, -0.1) is 0 Å². The smallest absolute Gasteiger partial charge is 0.238 e. The number of amides is 1. The number of nitrogens with one attached hydrogen (secondary N) is 2. The Labute approximate surface area is 125 Å². The fraction of sp³-hybridized carbons (Fsp3) is 0.533. The first-order valence-electron chi connectivity index (χ1n) is 7.10. The molecule has 0 heterocycles. The molecule has 0 saturated heterocycles. The van der Waals surface area contributed by atoms with Gasteiger partial charge in [0.2, 0.25) is 5.91 Å². The molecule has 0 atom stereocenters. The Bertz CT molecular complexity index is 438. The molecule has 0 saturated carbocycles. The van der Waals surface area contributed by atoms with E-state index < -0.39 is 0 Å². The van der Waals surface area contributed by atoms with Crippen LogP contribution in [0, 0.1) is 0 Å². The number of carbonyl (C=O) groups is 1. The van der Waals surface area contributed by atoms with Gasteiger partial charge in [0.25, 0.3) is 0 Å². The minimum Gasteiger partial charge on any atom is -0.494 e. The van der Waals surface area contributed by atoms with E-state index in [1.54, 1.807) is 19.2 Å². The molecule has 0 aliphatic carbocycles. The molecule has 0 fully saturated rings. The number of ether oxygens (including phenoxy) is 3. The summed E-state index contributed by atoms with van der Waals surface area (Å²) in [7, 11) is 1.62. The minimum atomic E-state index is -0.138. The maximum Gasteiger partial charge on any atom is 0.238 e. The van der Waals surface area contributed by atoms with Gasteiger partial charge < -0.3 is 24.8 Å². The van der Waals surface area contributed by atoms with Gasteiger partial charge in [-0.3, -0.25) is 4.79 Å². The second kappa shape index (κ2) is 10.0. The Hall–Kier alpha value is -1.79. The molecule has 1 rings (SSSR count). The predicted octanol–water partition coefficient (Wildman–Crippen LogP) is 1.66. The highest BCUT2D eigenvalue weighted by molar-refractivity contribution is 5.93. The molecular formula is C15H24N2O4. The first kappa shape index (κ1) is 17.3. The number of carbonyl (C=O) groups excluding carboxylic acids is 1. The molecule has 21 heavy (non-hydrogen) atoms. The lowest BCUT2D eigenvalue weighted by Crippen LogP contribution is -2.30. The van der Waals surface area contributed by atoms with E-state index in [-0.39, 0.29) is 12.5 Å². The van der Waals surface area contributed by atoms with Crippen LogP contribution >= 0.6 is 0 Å². The molecule has 1 aromatic rings. The fourth-order valence-electron chi connectivity index (χ4n) is 1.72. The van der Waals surface area contributed by atoms with Gasteiger partial charge in [-0.05, 0) is 26.0 Å². The molecule has 6 nitrogen and oxygen atoms in total. The molecule has 0 spiro atoms. The van der Waals surface area contributed by atoms with Crippen molar-refractivity contribution in [1.29, 1.82) is 0 Å². The lowest BCUT2D eigenvalue weighted by atomic mass is 10.2. The second-order valence-corrected chi connectivity index (χ2v) is 4.24. The molecule has 1 aromatic carbocycles. The van der Waals surface area contributed by atoms with Crippen molar-refractivity contribution >= 4 is 11.6 Å². The van der Waals surface area contributed by atoms with Crippen LogP contribution < -0.4 is 20.1 Å². The zero-order valence-electron chi connectivity index (χ0n) is 12.9. The average molecular weight is 296 g/mol. The van der Waals surface area contributed by atoms with Crippen LogP contribution in [0.3, 0.4) is 0 Å². The van der Waals surface area contributed by atoms with Crippen LogP contribution in [0.2, 0.25) is 0 Å². The largest absolute Gasteiger partial charge is 0.494 e. The van der Waals surface area contributed by atoms with E-state index in [0.29, 0.717) is 43.6 Å². The van der Waals surface area contributed by atoms with Crippen molar-refractivity contribution in [3.8, 4) is 11.5 Å². The van der Waals surface area contributed by atoms with Crippen molar-refractivity contribution in [3.05, 3.63) is 18.2 Å². The summed E-state index contributed by atoms with van der Waals surface area (Å²) in [4.78, 5) is 11.9. The maximum atomic E-state index is 11.9. The number of benzene rings is 1. The molecular weight excluding hydrogens is 272 g/mol. The van der Waals surface area contributed by atoms with Crippen molar-refractivity contribution in [1.82, 2.24) is 5.32 Å². The van der Waals surface area contributed by atoms with E-state index in [0.717, 1.165) is 0 Å². The molecule has 6 heteroatoms. The highest BCUT2D eigenvalue weighted by atomic mass is 16.5. The van der Waals surface area contributed by atoms with Crippen molar-refractivity contribution in [3.63, 3.8) is 0 Å². The zero-order valence-corrected chi connectivity index (χ0v) is 12.9. The van der Waals surface area contributed by atoms with Crippen LogP contribution in [0.1, 0.15) is 13.8 Å². The Morgan fingerprint density at radius 2 is 1.95 bits per heavy atom. The minimum absolute atomic E-state index is 0.138. The van der Waals surface area contributed by atoms with Crippen molar-refractivity contribution in [2.24, 2.45) is 0 Å². The number of methoxy groups -OCH3 is 1. The summed E-state index contributed by atoms with van der Waals surface area (Å²) in [5.41, 5.74) is 0.612. The van der Waals surface area contributed by atoms with Crippen LogP contribution in [-0.4, -0.2) is 45.9 Å². The molecule has 0 aliphatic rings. The standard InChI is InChI=1S/C15H24N2O4/c1-4-20-12-6-7-14(21-5-2)13(10-12)17-15(18)11-16-8-9-19-3/h6-7,10,16H,4-5,8-9,11H2,1-3H3,(H,17,18). The highest BCUT2D eigenvalue weighted by Crippen LogP contribution is 2.29. The van der Waals surface area contributed by atoms with Crippen LogP contribution in [0.5, 0.6) is 11.5 Å². The lowest BCUT2D eigenvalue weighted by Gasteiger charge is -2.13. The Morgan fingerprint density at radius 3 is 2.62 bits per heavy atom. The van der Waals surface area contributed by atoms with Crippen LogP contribution in [0.4, 0.5) is 5.69 Å². The lowest BCUT2D eigenvalue weighted by molar-refractivity contribution is -0.115. The quantitative estimate of drug-likeness (QED) is 0.643. The molecule has 0 radical (unpaired) electrons. The summed E-state index contributed by atoms with van der Waals surface area (Å²) in [6.07, 6.45) is 0. The third-order valence-corrected chi connectivity index (χ3v) is 2.60. The fourth-order valence-corrected chi connectivity index (χ4v) is 1.72. The third-order valence-electron chi connectivity index (χ3n) is 2.60. The van der Waals surface area contributed by atoms with Crippen molar-refractivity contribution in [2.45, 2.75) is 13.8 Å². The summed E-state index contributed by atoms with van der Waals surface area (Å²) < 4.78 is 15.8. The van der Waals surface area contributed by atoms with Crippen molar-refractivity contribution in [2.75, 3.05) is 45.3 Å². The van der Waals surface area contributed by atoms with Gasteiger partial charge in [-0.25, -0.2) is 0 Å². The summed E-state index contributed by atoms with van der Waals surface area (Å²) in [6.45, 7) is 6.32. The van der Waals surface area contributed by atoms with Gasteiger partial charge >= 0.3 is 0 Å². The molecule has 2 N–H and O–H groups in total. The Balaban J connectivity index is 2.64. The molecule has 118 valence electrons. The van der Waals surface area contributed by atoms with Gasteiger partial charge in [0.05, 0.1) is 32.1 Å². The number of rotatable bonds is 10. The molecule has 0 unspecified atom stereocenters. The average Bonchev–Trinajstić information content (AvgIpc) is 2.47. The van der Waals surface area contributed by atoms with E-state index >= 15 is 0 Å². The topological polar surface area (TPSA) is 68.8 Å². The van der Waals surface area contributed by atoms with Gasteiger partial charge in [-0.2, -0.15) is 0 Å². The normalized spacial score (nSPS) is 10.2.